The van der Waals surface area contributed by atoms with Gasteiger partial charge in [-0.3, -0.25) is 4.79 Å². The first-order valence-corrected chi connectivity index (χ1v) is 5.08. The lowest BCUT2D eigenvalue weighted by molar-refractivity contribution is -0.145. The number of hydrogen-bond donors (Lipinski definition) is 2. The molecule has 0 saturated carbocycles. The Hall–Kier alpha value is -0.940. The molecule has 82 valence electrons. The maximum atomic E-state index is 12.9. The van der Waals surface area contributed by atoms with Crippen molar-refractivity contribution in [1.82, 2.24) is 0 Å². The van der Waals surface area contributed by atoms with E-state index < -0.39 is 23.8 Å². The second-order valence-electron chi connectivity index (χ2n) is 3.25. The van der Waals surface area contributed by atoms with E-state index in [0.717, 1.165) is 0 Å². The first-order chi connectivity index (χ1) is 6.93. The Morgan fingerprint density at radius 3 is 2.60 bits per heavy atom. The highest BCUT2D eigenvalue weighted by atomic mass is 79.9. The van der Waals surface area contributed by atoms with Crippen molar-refractivity contribution >= 4 is 21.9 Å². The van der Waals surface area contributed by atoms with Crippen LogP contribution in [-0.2, 0) is 4.79 Å². The van der Waals surface area contributed by atoms with E-state index in [2.05, 4.69) is 15.9 Å². The van der Waals surface area contributed by atoms with E-state index >= 15 is 0 Å². The summed E-state index contributed by atoms with van der Waals surface area (Å²) in [6, 6.07) is 3.92. The van der Waals surface area contributed by atoms with Gasteiger partial charge in [0.25, 0.3) is 0 Å². The summed E-state index contributed by atoms with van der Waals surface area (Å²) in [4.78, 5) is 10.6. The third-order valence-electron chi connectivity index (χ3n) is 2.15. The minimum Gasteiger partial charge on any atom is -0.481 e. The first-order valence-electron chi connectivity index (χ1n) is 4.29. The highest BCUT2D eigenvalue weighted by Crippen LogP contribution is 2.26. The molecule has 0 radical (unpaired) electrons. The molecule has 0 aliphatic heterocycles. The Balaban J connectivity index is 2.96. The van der Waals surface area contributed by atoms with Gasteiger partial charge in [0, 0.05) is 0 Å². The van der Waals surface area contributed by atoms with Crippen LogP contribution in [0.15, 0.2) is 22.7 Å². The molecule has 0 saturated heterocycles. The van der Waals surface area contributed by atoms with Gasteiger partial charge in [-0.15, -0.1) is 0 Å². The lowest BCUT2D eigenvalue weighted by Crippen LogP contribution is -2.18. The lowest BCUT2D eigenvalue weighted by atomic mass is 9.98. The molecule has 0 spiro atoms. The topological polar surface area (TPSA) is 57.5 Å². The fraction of sp³-hybridized carbons (Fsp3) is 0.300. The van der Waals surface area contributed by atoms with Crippen LogP contribution in [0.3, 0.4) is 0 Å². The van der Waals surface area contributed by atoms with Crippen LogP contribution in [0.2, 0.25) is 0 Å². The fourth-order valence-corrected chi connectivity index (χ4v) is 1.52. The van der Waals surface area contributed by atoms with E-state index in [1.807, 2.05) is 0 Å². The number of aliphatic carboxylic acids is 1. The molecule has 5 heteroatoms. The Labute approximate surface area is 94.7 Å². The molecular weight excluding hydrogens is 267 g/mol. The van der Waals surface area contributed by atoms with Crippen LogP contribution in [0.4, 0.5) is 4.39 Å². The molecule has 0 bridgehead atoms. The summed E-state index contributed by atoms with van der Waals surface area (Å²) < 4.78 is 13.1. The van der Waals surface area contributed by atoms with Crippen molar-refractivity contribution in [2.75, 3.05) is 0 Å². The third-order valence-corrected chi connectivity index (χ3v) is 2.76. The van der Waals surface area contributed by atoms with Gasteiger partial charge in [-0.1, -0.05) is 6.07 Å². The zero-order chi connectivity index (χ0) is 11.6. The van der Waals surface area contributed by atoms with Crippen molar-refractivity contribution in [3.63, 3.8) is 0 Å². The van der Waals surface area contributed by atoms with Crippen LogP contribution in [-0.4, -0.2) is 16.2 Å². The van der Waals surface area contributed by atoms with Gasteiger partial charge in [-0.05, 0) is 40.5 Å². The van der Waals surface area contributed by atoms with Crippen molar-refractivity contribution in [3.8, 4) is 0 Å². The molecule has 0 fully saturated rings. The van der Waals surface area contributed by atoms with E-state index in [-0.39, 0.29) is 4.47 Å². The smallest absolute Gasteiger partial charge is 0.309 e. The van der Waals surface area contributed by atoms with E-state index in [9.17, 15) is 14.3 Å². The number of carbonyl (C=O) groups is 1. The number of halogens is 2. The molecule has 1 aromatic carbocycles. The van der Waals surface area contributed by atoms with E-state index in [1.165, 1.54) is 25.1 Å². The van der Waals surface area contributed by atoms with Crippen molar-refractivity contribution in [3.05, 3.63) is 34.1 Å². The van der Waals surface area contributed by atoms with Crippen LogP contribution in [0.5, 0.6) is 0 Å². The second-order valence-corrected chi connectivity index (χ2v) is 4.10. The summed E-state index contributed by atoms with van der Waals surface area (Å²) in [5, 5.41) is 18.3. The minimum atomic E-state index is -1.14. The molecule has 1 aromatic rings. The van der Waals surface area contributed by atoms with Crippen molar-refractivity contribution < 1.29 is 19.4 Å². The van der Waals surface area contributed by atoms with Crippen molar-refractivity contribution in [2.24, 2.45) is 5.92 Å². The molecule has 0 aromatic heterocycles. The van der Waals surface area contributed by atoms with Gasteiger partial charge in [-0.25, -0.2) is 4.39 Å². The summed E-state index contributed by atoms with van der Waals surface area (Å²) in [7, 11) is 0. The molecule has 3 nitrogen and oxygen atoms in total. The van der Waals surface area contributed by atoms with Gasteiger partial charge in [0.2, 0.25) is 0 Å². The highest BCUT2D eigenvalue weighted by molar-refractivity contribution is 9.10. The van der Waals surface area contributed by atoms with Crippen molar-refractivity contribution in [1.29, 1.82) is 0 Å². The van der Waals surface area contributed by atoms with Crippen LogP contribution < -0.4 is 0 Å². The maximum absolute atomic E-state index is 12.9. The second kappa shape index (κ2) is 4.72. The van der Waals surface area contributed by atoms with Crippen LogP contribution >= 0.6 is 15.9 Å². The third kappa shape index (κ3) is 2.76. The Morgan fingerprint density at radius 1 is 1.53 bits per heavy atom. The summed E-state index contributed by atoms with van der Waals surface area (Å²) in [5.74, 6) is -2.47. The SMILES string of the molecule is CC(C(=O)O)C(O)c1ccc(F)c(Br)c1. The molecule has 2 N–H and O–H groups in total. The minimum absolute atomic E-state index is 0.205. The van der Waals surface area contributed by atoms with Gasteiger partial charge in [0.15, 0.2) is 0 Å². The molecule has 0 aliphatic rings. The van der Waals surface area contributed by atoms with Gasteiger partial charge >= 0.3 is 5.97 Å². The molecular formula is C10H10BrFO3. The first kappa shape index (κ1) is 12.1. The van der Waals surface area contributed by atoms with E-state index in [4.69, 9.17) is 5.11 Å². The van der Waals surface area contributed by atoms with Crippen LogP contribution in [0, 0.1) is 11.7 Å². The molecule has 1 rings (SSSR count). The maximum Gasteiger partial charge on any atom is 0.309 e. The average Bonchev–Trinajstić information content (AvgIpc) is 2.19. The highest BCUT2D eigenvalue weighted by Gasteiger charge is 2.23. The Kier molecular flexibility index (Phi) is 3.82. The fourth-order valence-electron chi connectivity index (χ4n) is 1.12. The summed E-state index contributed by atoms with van der Waals surface area (Å²) >= 11 is 2.97. The predicted molar refractivity (Wildman–Crippen MR) is 55.9 cm³/mol. The molecule has 0 heterocycles. The summed E-state index contributed by atoms with van der Waals surface area (Å²) in [5.41, 5.74) is 0.373. The van der Waals surface area contributed by atoms with Crippen LogP contribution in [0.1, 0.15) is 18.6 Å². The normalized spacial score (nSPS) is 14.7. The van der Waals surface area contributed by atoms with E-state index in [1.54, 1.807) is 0 Å². The monoisotopic (exact) mass is 276 g/mol. The molecule has 0 aliphatic carbocycles. The van der Waals surface area contributed by atoms with E-state index in [0.29, 0.717) is 5.56 Å². The standard InChI is InChI=1S/C10H10BrFO3/c1-5(10(14)15)9(13)6-2-3-8(12)7(11)4-6/h2-5,9,13H,1H3,(H,14,15). The van der Waals surface area contributed by atoms with Crippen molar-refractivity contribution in [2.45, 2.75) is 13.0 Å². The van der Waals surface area contributed by atoms with Gasteiger partial charge < -0.3 is 10.2 Å². The number of rotatable bonds is 3. The molecule has 2 unspecified atom stereocenters. The Morgan fingerprint density at radius 2 is 2.13 bits per heavy atom. The Bertz CT molecular complexity index is 381. The number of benzene rings is 1. The largest absolute Gasteiger partial charge is 0.481 e. The van der Waals surface area contributed by atoms with Gasteiger partial charge in [-0.2, -0.15) is 0 Å². The van der Waals surface area contributed by atoms with Gasteiger partial charge in [0.05, 0.1) is 16.5 Å². The molecule has 2 atom stereocenters. The average molecular weight is 277 g/mol. The number of aliphatic hydroxyl groups is 1. The quantitative estimate of drug-likeness (QED) is 0.891. The number of hydrogen-bond acceptors (Lipinski definition) is 2. The number of carboxylic acid groups (broad SMARTS) is 1. The van der Waals surface area contributed by atoms with Crippen LogP contribution in [0.25, 0.3) is 0 Å². The molecule has 15 heavy (non-hydrogen) atoms. The summed E-state index contributed by atoms with van der Waals surface area (Å²) in [6.45, 7) is 1.39. The molecule has 0 amide bonds. The zero-order valence-corrected chi connectivity index (χ0v) is 9.53. The summed E-state index contributed by atoms with van der Waals surface area (Å²) in [6.07, 6.45) is -1.14. The lowest BCUT2D eigenvalue weighted by Gasteiger charge is -2.15. The number of aliphatic hydroxyl groups excluding tert-OH is 1. The zero-order valence-electron chi connectivity index (χ0n) is 7.95. The van der Waals surface area contributed by atoms with Gasteiger partial charge in [0.1, 0.15) is 5.82 Å². The predicted octanol–water partition coefficient (Wildman–Crippen LogP) is 2.34. The number of carboxylic acids is 1.